The van der Waals surface area contributed by atoms with Crippen LogP contribution in [0.3, 0.4) is 0 Å². The summed E-state index contributed by atoms with van der Waals surface area (Å²) in [5, 5.41) is 132. The van der Waals surface area contributed by atoms with Gasteiger partial charge in [0.25, 0.3) is 5.79 Å². The van der Waals surface area contributed by atoms with Gasteiger partial charge in [-0.05, 0) is 18.8 Å². The molecule has 454 valence electrons. The molecule has 2 aliphatic rings. The number of aliphatic hydroxyl groups excluding tert-OH is 11. The van der Waals surface area contributed by atoms with Crippen molar-refractivity contribution in [3.05, 3.63) is 0 Å². The second-order valence-corrected chi connectivity index (χ2v) is 22.4. The lowest BCUT2D eigenvalue weighted by atomic mass is 9.88. The van der Waals surface area contributed by atoms with Crippen LogP contribution in [0.2, 0.25) is 0 Å². The lowest BCUT2D eigenvalue weighted by Crippen LogP contribution is -2.68. The maximum absolute atomic E-state index is 13.4. The number of rotatable bonds is 46. The van der Waals surface area contributed by atoms with E-state index in [0.29, 0.717) is 18.8 Å². The highest BCUT2D eigenvalue weighted by atomic mass is 16.7. The zero-order chi connectivity index (χ0) is 57.2. The average Bonchev–Trinajstić information content (AvgIpc) is 3.41. The Morgan fingerprint density at radius 3 is 1.58 bits per heavy atom. The van der Waals surface area contributed by atoms with E-state index in [2.05, 4.69) is 31.4 Å². The summed E-state index contributed by atoms with van der Waals surface area (Å²) in [4.78, 5) is 38.3. The van der Waals surface area contributed by atoms with Crippen LogP contribution < -0.4 is 10.6 Å². The molecular formula is C56H106N2O19. The summed E-state index contributed by atoms with van der Waals surface area (Å²) in [6.45, 7) is 2.93. The highest BCUT2D eigenvalue weighted by molar-refractivity contribution is 5.80. The van der Waals surface area contributed by atoms with Crippen molar-refractivity contribution in [2.75, 3.05) is 26.4 Å². The number of carboxylic acid groups (broad SMARTS) is 1. The molecule has 21 nitrogen and oxygen atoms in total. The van der Waals surface area contributed by atoms with E-state index in [1.54, 1.807) is 0 Å². The maximum atomic E-state index is 13.4. The van der Waals surface area contributed by atoms with Gasteiger partial charge in [-0.25, -0.2) is 4.79 Å². The van der Waals surface area contributed by atoms with Crippen LogP contribution in [-0.4, -0.2) is 197 Å². The van der Waals surface area contributed by atoms with Gasteiger partial charge < -0.3 is 90.9 Å². The van der Waals surface area contributed by atoms with Crippen molar-refractivity contribution in [1.82, 2.24) is 10.6 Å². The molecule has 0 radical (unpaired) electrons. The van der Waals surface area contributed by atoms with E-state index in [-0.39, 0.29) is 12.8 Å². The quantitative estimate of drug-likeness (QED) is 0.0388. The smallest absolute Gasteiger partial charge is 0.364 e. The zero-order valence-corrected chi connectivity index (χ0v) is 46.9. The number of carboxylic acids is 1. The largest absolute Gasteiger partial charge is 0.477 e. The maximum Gasteiger partial charge on any atom is 0.364 e. The van der Waals surface area contributed by atoms with E-state index in [4.69, 9.17) is 18.9 Å². The van der Waals surface area contributed by atoms with Crippen molar-refractivity contribution in [3.63, 3.8) is 0 Å². The SMILES string of the molecule is CCCCCCCCCCCCCCCCCCCCC(O)C(=O)NC(COC1OC(COC2(C(=O)O)CC(O)C(NC(=O)CO)C(C(O)C(O)CO)O2)C(O)C(O)C1O)C(O)C(O)CCCCCCCCCCC(C)C. The fourth-order valence-electron chi connectivity index (χ4n) is 10.2. The highest BCUT2D eigenvalue weighted by Crippen LogP contribution is 2.35. The third kappa shape index (κ3) is 27.4. The van der Waals surface area contributed by atoms with Crippen molar-refractivity contribution in [2.24, 2.45) is 5.92 Å². The van der Waals surface area contributed by atoms with E-state index in [1.165, 1.54) is 103 Å². The van der Waals surface area contributed by atoms with Gasteiger partial charge in [-0.3, -0.25) is 9.59 Å². The molecule has 2 heterocycles. The summed E-state index contributed by atoms with van der Waals surface area (Å²) in [6.07, 6.45) is 8.17. The normalized spacial score (nSPS) is 26.2. The summed E-state index contributed by atoms with van der Waals surface area (Å²) < 4.78 is 22.7. The molecule has 0 bridgehead atoms. The topological polar surface area (TPSA) is 355 Å². The molecule has 2 aliphatic heterocycles. The number of amides is 2. The summed E-state index contributed by atoms with van der Waals surface area (Å²) in [6, 6.07) is -3.03. The molecule has 2 rings (SSSR count). The lowest BCUT2D eigenvalue weighted by molar-refractivity contribution is -0.339. The Bertz CT molecular complexity index is 1540. The van der Waals surface area contributed by atoms with Crippen LogP contribution in [0, 0.1) is 5.92 Å². The van der Waals surface area contributed by atoms with Crippen LogP contribution in [0.4, 0.5) is 0 Å². The van der Waals surface area contributed by atoms with Gasteiger partial charge in [-0.2, -0.15) is 0 Å². The first-order valence-electron chi connectivity index (χ1n) is 29.6. The Morgan fingerprint density at radius 1 is 0.636 bits per heavy atom. The van der Waals surface area contributed by atoms with E-state index < -0.39 is 142 Å². The first-order valence-corrected chi connectivity index (χ1v) is 29.6. The van der Waals surface area contributed by atoms with Gasteiger partial charge >= 0.3 is 5.97 Å². The van der Waals surface area contributed by atoms with Crippen LogP contribution in [0.15, 0.2) is 0 Å². The molecule has 0 aromatic heterocycles. The minimum Gasteiger partial charge on any atom is -0.477 e. The molecule has 15 atom stereocenters. The first-order chi connectivity index (χ1) is 36.8. The molecule has 0 saturated carbocycles. The van der Waals surface area contributed by atoms with Gasteiger partial charge in [0.2, 0.25) is 11.8 Å². The first kappa shape index (κ1) is 70.9. The minimum absolute atomic E-state index is 0.142. The molecule has 0 aliphatic carbocycles. The Labute approximate surface area is 458 Å². The summed E-state index contributed by atoms with van der Waals surface area (Å²) in [7, 11) is 0. The number of unbranched alkanes of at least 4 members (excludes halogenated alkanes) is 24. The summed E-state index contributed by atoms with van der Waals surface area (Å²) >= 11 is 0. The molecule has 2 saturated heterocycles. The van der Waals surface area contributed by atoms with Gasteiger partial charge in [0.1, 0.15) is 61.5 Å². The highest BCUT2D eigenvalue weighted by Gasteiger charge is 2.57. The van der Waals surface area contributed by atoms with Gasteiger partial charge in [0.05, 0.1) is 44.1 Å². The van der Waals surface area contributed by atoms with Crippen molar-refractivity contribution in [1.29, 1.82) is 0 Å². The molecule has 0 aromatic rings. The van der Waals surface area contributed by atoms with Gasteiger partial charge in [0, 0.05) is 6.42 Å². The molecule has 15 unspecified atom stereocenters. The van der Waals surface area contributed by atoms with Crippen LogP contribution in [0.25, 0.3) is 0 Å². The van der Waals surface area contributed by atoms with Crippen molar-refractivity contribution < 1.29 is 94.6 Å². The predicted molar refractivity (Wildman–Crippen MR) is 287 cm³/mol. The number of hydrogen-bond acceptors (Lipinski definition) is 18. The third-order valence-corrected chi connectivity index (χ3v) is 15.2. The van der Waals surface area contributed by atoms with Gasteiger partial charge in [-0.1, -0.05) is 194 Å². The van der Waals surface area contributed by atoms with Crippen LogP contribution in [0.5, 0.6) is 0 Å². The average molecular weight is 1110 g/mol. The van der Waals surface area contributed by atoms with E-state index in [0.717, 1.165) is 57.8 Å². The molecule has 21 heteroatoms. The lowest BCUT2D eigenvalue weighted by Gasteiger charge is -2.47. The Kier molecular flexibility index (Phi) is 37.7. The Morgan fingerprint density at radius 2 is 1.12 bits per heavy atom. The summed E-state index contributed by atoms with van der Waals surface area (Å²) in [5.74, 6) is -5.99. The number of aliphatic carboxylic acids is 1. The fourth-order valence-corrected chi connectivity index (χ4v) is 10.2. The number of aliphatic hydroxyl groups is 11. The Hall–Kier alpha value is -2.19. The van der Waals surface area contributed by atoms with Gasteiger partial charge in [-0.15, -0.1) is 0 Å². The number of nitrogens with one attached hydrogen (secondary N) is 2. The van der Waals surface area contributed by atoms with Crippen LogP contribution in [0.1, 0.15) is 213 Å². The van der Waals surface area contributed by atoms with Crippen LogP contribution in [-0.2, 0) is 33.3 Å². The standard InChI is InChI=1S/C56H106N2O19/c1-4-5-6-7-8-9-10-11-12-13-14-15-16-17-18-23-26-29-32-41(62)53(71)57-39(47(66)40(61)31-28-25-22-20-19-21-24-27-30-38(2)3)36-74-54-51(70)50(69)49(68)44(76-54)37-75-56(55(72)73)33-42(63)46(58-45(65)35-60)52(77-56)48(67)43(64)34-59/h38-44,46-52,54,59-64,66-70H,4-37H2,1-3H3,(H,57,71)(H,58,65)(H,72,73). The molecule has 0 spiro atoms. The monoisotopic (exact) mass is 1110 g/mol. The summed E-state index contributed by atoms with van der Waals surface area (Å²) in [5.41, 5.74) is 0. The van der Waals surface area contributed by atoms with Crippen molar-refractivity contribution in [2.45, 2.75) is 305 Å². The van der Waals surface area contributed by atoms with E-state index >= 15 is 0 Å². The second-order valence-electron chi connectivity index (χ2n) is 22.4. The number of carbonyl (C=O) groups excluding carboxylic acids is 2. The predicted octanol–water partition coefficient (Wildman–Crippen LogP) is 3.51. The molecule has 0 aromatic carbocycles. The van der Waals surface area contributed by atoms with Crippen molar-refractivity contribution >= 4 is 17.8 Å². The van der Waals surface area contributed by atoms with Crippen LogP contribution >= 0.6 is 0 Å². The number of hydrogen-bond donors (Lipinski definition) is 14. The van der Waals surface area contributed by atoms with Gasteiger partial charge in [0.15, 0.2) is 6.29 Å². The Balaban J connectivity index is 2.04. The van der Waals surface area contributed by atoms with Crippen molar-refractivity contribution in [3.8, 4) is 0 Å². The van der Waals surface area contributed by atoms with E-state index in [9.17, 15) is 75.7 Å². The number of carbonyl (C=O) groups is 3. The molecule has 2 fully saturated rings. The third-order valence-electron chi connectivity index (χ3n) is 15.2. The molecule has 14 N–H and O–H groups in total. The zero-order valence-electron chi connectivity index (χ0n) is 46.9. The minimum atomic E-state index is -2.89. The molecule has 2 amide bonds. The second kappa shape index (κ2) is 40.9. The van der Waals surface area contributed by atoms with E-state index in [1.807, 2.05) is 0 Å². The number of ether oxygens (including phenoxy) is 4. The molecular weight excluding hydrogens is 1000 g/mol. The molecule has 77 heavy (non-hydrogen) atoms. The fraction of sp³-hybridized carbons (Fsp3) is 0.946.